The van der Waals surface area contributed by atoms with Gasteiger partial charge in [-0.15, -0.1) is 0 Å². The van der Waals surface area contributed by atoms with E-state index in [1.807, 2.05) is 13.8 Å². The zero-order valence-corrected chi connectivity index (χ0v) is 15.7. The average molecular weight is 381 g/mol. The lowest BCUT2D eigenvalue weighted by atomic mass is 10.1. The minimum Gasteiger partial charge on any atom is -0.455 e. The van der Waals surface area contributed by atoms with E-state index in [4.69, 9.17) is 27.9 Å². The van der Waals surface area contributed by atoms with Gasteiger partial charge >= 0.3 is 5.97 Å². The highest BCUT2D eigenvalue weighted by molar-refractivity contribution is 6.35. The maximum Gasteiger partial charge on any atom is 0.331 e. The standard InChI is InChI=1S/C18H18Cl2N2O3/c1-11(23)10-25-18(24)8-7-14-12(2)21-22(13(14)3)9-15-16(19)5-4-6-17(15)20/h4-8H,9-10H2,1-3H3/b8-7+. The SMILES string of the molecule is CC(=O)COC(=O)/C=C/c1c(C)nn(Cc2c(Cl)cccc2Cl)c1C. The number of hydrogen-bond acceptors (Lipinski definition) is 4. The molecule has 25 heavy (non-hydrogen) atoms. The number of carbonyl (C=O) groups excluding carboxylic acids is 2. The quantitative estimate of drug-likeness (QED) is 0.561. The average Bonchev–Trinajstić information content (AvgIpc) is 2.81. The number of esters is 1. The lowest BCUT2D eigenvalue weighted by Crippen LogP contribution is -2.08. The molecule has 0 saturated heterocycles. The van der Waals surface area contributed by atoms with Gasteiger partial charge in [0.15, 0.2) is 5.78 Å². The van der Waals surface area contributed by atoms with Crippen LogP contribution in [-0.2, 0) is 20.9 Å². The van der Waals surface area contributed by atoms with Crippen molar-refractivity contribution < 1.29 is 14.3 Å². The molecule has 0 fully saturated rings. The minimum absolute atomic E-state index is 0.210. The fourth-order valence-electron chi connectivity index (χ4n) is 2.31. The Labute approximate surface area is 156 Å². The number of aryl methyl sites for hydroxylation is 1. The molecule has 0 aliphatic rings. The largest absolute Gasteiger partial charge is 0.455 e. The second-order valence-electron chi connectivity index (χ2n) is 5.59. The molecule has 0 unspecified atom stereocenters. The van der Waals surface area contributed by atoms with Crippen molar-refractivity contribution in [1.29, 1.82) is 0 Å². The van der Waals surface area contributed by atoms with Gasteiger partial charge in [0.25, 0.3) is 0 Å². The van der Waals surface area contributed by atoms with E-state index in [1.54, 1.807) is 29.0 Å². The maximum atomic E-state index is 11.6. The third-order valence-corrected chi connectivity index (χ3v) is 4.32. The highest BCUT2D eigenvalue weighted by atomic mass is 35.5. The van der Waals surface area contributed by atoms with E-state index < -0.39 is 5.97 Å². The summed E-state index contributed by atoms with van der Waals surface area (Å²) in [4.78, 5) is 22.4. The van der Waals surface area contributed by atoms with Crippen molar-refractivity contribution >= 4 is 41.0 Å². The number of rotatable bonds is 6. The van der Waals surface area contributed by atoms with Gasteiger partial charge in [-0.2, -0.15) is 5.10 Å². The molecular formula is C18H18Cl2N2O3. The first-order valence-corrected chi connectivity index (χ1v) is 8.36. The zero-order chi connectivity index (χ0) is 18.6. The van der Waals surface area contributed by atoms with Crippen LogP contribution in [0.25, 0.3) is 6.08 Å². The summed E-state index contributed by atoms with van der Waals surface area (Å²) in [6, 6.07) is 5.34. The van der Waals surface area contributed by atoms with Crippen LogP contribution in [0.15, 0.2) is 24.3 Å². The van der Waals surface area contributed by atoms with E-state index in [0.717, 1.165) is 22.5 Å². The van der Waals surface area contributed by atoms with Gasteiger partial charge in [-0.25, -0.2) is 4.79 Å². The Kier molecular flexibility index (Phi) is 6.39. The molecular weight excluding hydrogens is 363 g/mol. The summed E-state index contributed by atoms with van der Waals surface area (Å²) in [6.45, 7) is 5.29. The van der Waals surface area contributed by atoms with Crippen LogP contribution in [0.1, 0.15) is 29.4 Å². The summed E-state index contributed by atoms with van der Waals surface area (Å²) in [5.74, 6) is -0.783. The third-order valence-electron chi connectivity index (χ3n) is 3.61. The monoisotopic (exact) mass is 380 g/mol. The highest BCUT2D eigenvalue weighted by Crippen LogP contribution is 2.26. The first kappa shape index (κ1) is 19.2. The minimum atomic E-state index is -0.573. The molecule has 1 aromatic carbocycles. The van der Waals surface area contributed by atoms with Gasteiger partial charge in [-0.05, 0) is 39.0 Å². The maximum absolute atomic E-state index is 11.6. The van der Waals surface area contributed by atoms with E-state index in [-0.39, 0.29) is 12.4 Å². The predicted octanol–water partition coefficient (Wildman–Crippen LogP) is 4.00. The number of halogens is 2. The van der Waals surface area contributed by atoms with Crippen LogP contribution >= 0.6 is 23.2 Å². The van der Waals surface area contributed by atoms with E-state index >= 15 is 0 Å². The van der Waals surface area contributed by atoms with Crippen LogP contribution in [0.4, 0.5) is 0 Å². The number of carbonyl (C=O) groups is 2. The second kappa shape index (κ2) is 8.32. The fraction of sp³-hybridized carbons (Fsp3) is 0.278. The van der Waals surface area contributed by atoms with Crippen molar-refractivity contribution in [2.75, 3.05) is 6.61 Å². The summed E-state index contributed by atoms with van der Waals surface area (Å²) in [5, 5.41) is 5.63. The lowest BCUT2D eigenvalue weighted by Gasteiger charge is -2.09. The molecule has 1 heterocycles. The Balaban J connectivity index is 2.20. The van der Waals surface area contributed by atoms with Gasteiger partial charge in [0.1, 0.15) is 6.61 Å². The van der Waals surface area contributed by atoms with Gasteiger partial charge in [-0.1, -0.05) is 29.3 Å². The summed E-state index contributed by atoms with van der Waals surface area (Å²) < 4.78 is 6.58. The number of ether oxygens (including phenoxy) is 1. The Morgan fingerprint density at radius 1 is 1.24 bits per heavy atom. The van der Waals surface area contributed by atoms with Crippen LogP contribution in [0.5, 0.6) is 0 Å². The highest BCUT2D eigenvalue weighted by Gasteiger charge is 2.13. The molecule has 0 aliphatic carbocycles. The van der Waals surface area contributed by atoms with E-state index in [2.05, 4.69) is 5.10 Å². The number of hydrogen-bond donors (Lipinski definition) is 0. The Hall–Kier alpha value is -2.11. The lowest BCUT2D eigenvalue weighted by molar-refractivity contribution is -0.142. The molecule has 0 bridgehead atoms. The van der Waals surface area contributed by atoms with Crippen LogP contribution in [0.2, 0.25) is 10.0 Å². The molecule has 0 spiro atoms. The normalized spacial score (nSPS) is 11.1. The van der Waals surface area contributed by atoms with E-state index in [9.17, 15) is 9.59 Å². The zero-order valence-electron chi connectivity index (χ0n) is 14.2. The molecule has 0 aliphatic heterocycles. The van der Waals surface area contributed by atoms with E-state index in [0.29, 0.717) is 16.6 Å². The van der Waals surface area contributed by atoms with E-state index in [1.165, 1.54) is 13.0 Å². The topological polar surface area (TPSA) is 61.2 Å². The molecule has 0 radical (unpaired) electrons. The van der Waals surface area contributed by atoms with Crippen LogP contribution in [0.3, 0.4) is 0 Å². The second-order valence-corrected chi connectivity index (χ2v) is 6.40. The summed E-state index contributed by atoms with van der Waals surface area (Å²) in [6.07, 6.45) is 2.91. The summed E-state index contributed by atoms with van der Waals surface area (Å²) in [7, 11) is 0. The van der Waals surface area contributed by atoms with Crippen LogP contribution < -0.4 is 0 Å². The number of benzene rings is 1. The van der Waals surface area contributed by atoms with Crippen LogP contribution in [0, 0.1) is 13.8 Å². The number of Topliss-reactive ketones (excluding diaryl/α,β-unsaturated/α-hetero) is 1. The van der Waals surface area contributed by atoms with Gasteiger partial charge in [-0.3, -0.25) is 9.48 Å². The van der Waals surface area contributed by atoms with Crippen molar-refractivity contribution in [1.82, 2.24) is 9.78 Å². The van der Waals surface area contributed by atoms with Gasteiger partial charge < -0.3 is 4.74 Å². The summed E-state index contributed by atoms with van der Waals surface area (Å²) >= 11 is 12.4. The molecule has 5 nitrogen and oxygen atoms in total. The van der Waals surface area contributed by atoms with Crippen molar-refractivity contribution in [2.45, 2.75) is 27.3 Å². The predicted molar refractivity (Wildman–Crippen MR) is 97.9 cm³/mol. The molecule has 0 amide bonds. The van der Waals surface area contributed by atoms with Gasteiger partial charge in [0.05, 0.1) is 12.2 Å². The number of aromatic nitrogens is 2. The summed E-state index contributed by atoms with van der Waals surface area (Å²) in [5.41, 5.74) is 3.22. The molecule has 0 saturated carbocycles. The molecule has 0 N–H and O–H groups in total. The molecule has 1 aromatic heterocycles. The molecule has 0 atom stereocenters. The first-order chi connectivity index (χ1) is 11.8. The molecule has 132 valence electrons. The van der Waals surface area contributed by atoms with Crippen LogP contribution in [-0.4, -0.2) is 28.1 Å². The smallest absolute Gasteiger partial charge is 0.331 e. The number of ketones is 1. The van der Waals surface area contributed by atoms with Crippen molar-refractivity contribution in [3.05, 3.63) is 56.8 Å². The third kappa shape index (κ3) is 4.94. The van der Waals surface area contributed by atoms with Crippen molar-refractivity contribution in [3.8, 4) is 0 Å². The fourth-order valence-corrected chi connectivity index (χ4v) is 2.83. The van der Waals surface area contributed by atoms with Gasteiger partial charge in [0.2, 0.25) is 0 Å². The number of nitrogens with zero attached hydrogens (tertiary/aromatic N) is 2. The molecule has 2 aromatic rings. The first-order valence-electron chi connectivity index (χ1n) is 7.60. The van der Waals surface area contributed by atoms with Crippen molar-refractivity contribution in [2.24, 2.45) is 0 Å². The molecule has 2 rings (SSSR count). The van der Waals surface area contributed by atoms with Gasteiger partial charge in [0, 0.05) is 32.9 Å². The Morgan fingerprint density at radius 2 is 1.88 bits per heavy atom. The Bertz CT molecular complexity index is 821. The Morgan fingerprint density at radius 3 is 2.48 bits per heavy atom. The van der Waals surface area contributed by atoms with Crippen molar-refractivity contribution in [3.63, 3.8) is 0 Å². The molecule has 7 heteroatoms.